The van der Waals surface area contributed by atoms with Gasteiger partial charge in [-0.25, -0.2) is 0 Å². The van der Waals surface area contributed by atoms with Crippen LogP contribution in [0.5, 0.6) is 0 Å². The Morgan fingerprint density at radius 1 is 1.33 bits per heavy atom. The Balaban J connectivity index is 2.00. The molecule has 0 amide bonds. The van der Waals surface area contributed by atoms with Crippen LogP contribution in [-0.4, -0.2) is 34.7 Å². The highest BCUT2D eigenvalue weighted by molar-refractivity contribution is 7.99. The predicted molar refractivity (Wildman–Crippen MR) is 80.5 cm³/mol. The molecule has 1 fully saturated rings. The van der Waals surface area contributed by atoms with Crippen molar-refractivity contribution in [3.8, 4) is 0 Å². The fourth-order valence-electron chi connectivity index (χ4n) is 2.82. The second-order valence-electron chi connectivity index (χ2n) is 5.54. The number of nitrogens with zero attached hydrogens (tertiary/aromatic N) is 1. The fourth-order valence-corrected chi connectivity index (χ4v) is 3.65. The molecule has 2 rings (SSSR count). The number of alkyl halides is 3. The molecule has 1 aliphatic rings. The first-order valence-corrected chi connectivity index (χ1v) is 8.52. The van der Waals surface area contributed by atoms with Crippen LogP contribution in [0.4, 0.5) is 13.2 Å². The summed E-state index contributed by atoms with van der Waals surface area (Å²) in [6.45, 7) is 0. The molecular weight excluding hydrogens is 297 g/mol. The quantitative estimate of drug-likeness (QED) is 0.893. The maximum atomic E-state index is 13.3. The molecule has 1 aliphatic carbocycles. The van der Waals surface area contributed by atoms with Crippen LogP contribution >= 0.6 is 11.8 Å². The molecule has 1 N–H and O–H groups in total. The van der Waals surface area contributed by atoms with Crippen LogP contribution in [-0.2, 0) is 6.42 Å². The average Bonchev–Trinajstić information content (AvgIpc) is 2.47. The largest absolute Gasteiger partial charge is 0.404 e. The third-order valence-electron chi connectivity index (χ3n) is 3.98. The molecule has 0 radical (unpaired) electrons. The van der Waals surface area contributed by atoms with Gasteiger partial charge in [-0.05, 0) is 49.6 Å². The van der Waals surface area contributed by atoms with Gasteiger partial charge in [-0.3, -0.25) is 4.98 Å². The van der Waals surface area contributed by atoms with Crippen molar-refractivity contribution in [2.24, 2.45) is 0 Å². The first kappa shape index (κ1) is 16.6. The summed E-state index contributed by atoms with van der Waals surface area (Å²) in [6, 6.07) is 1.77. The van der Waals surface area contributed by atoms with Crippen LogP contribution in [0.15, 0.2) is 24.5 Å². The van der Waals surface area contributed by atoms with E-state index in [1.54, 1.807) is 23.9 Å². The number of halogens is 3. The molecule has 0 unspecified atom stereocenters. The predicted octanol–water partition coefficient (Wildman–Crippen LogP) is 3.82. The van der Waals surface area contributed by atoms with Gasteiger partial charge in [-0.2, -0.15) is 24.9 Å². The van der Waals surface area contributed by atoms with E-state index in [4.69, 9.17) is 0 Å². The van der Waals surface area contributed by atoms with Crippen molar-refractivity contribution in [3.63, 3.8) is 0 Å². The molecular formula is C15H21F3N2S. The van der Waals surface area contributed by atoms with E-state index in [0.717, 1.165) is 25.7 Å². The highest BCUT2D eigenvalue weighted by Crippen LogP contribution is 2.30. The topological polar surface area (TPSA) is 24.9 Å². The molecule has 1 aromatic rings. The standard InChI is InChI=1S/C15H21F3N2S/c1-21-13-4-2-3-12(10-13)20-14(15(16,17)18)9-11-5-7-19-8-6-11/h5-8,12-14,20H,2-4,9-10H2,1H3/t12-,13+,14+/m0/s1. The second-order valence-corrected chi connectivity index (χ2v) is 6.68. The third-order valence-corrected chi connectivity index (χ3v) is 5.08. The summed E-state index contributed by atoms with van der Waals surface area (Å²) in [6.07, 6.45) is 4.61. The van der Waals surface area contributed by atoms with Crippen LogP contribution in [0, 0.1) is 0 Å². The molecule has 0 bridgehead atoms. The maximum absolute atomic E-state index is 13.3. The number of nitrogens with one attached hydrogen (secondary N) is 1. The summed E-state index contributed by atoms with van der Waals surface area (Å²) in [5, 5.41) is 3.33. The lowest BCUT2D eigenvalue weighted by Crippen LogP contribution is -2.50. The van der Waals surface area contributed by atoms with Crippen molar-refractivity contribution in [1.29, 1.82) is 0 Å². The SMILES string of the molecule is CS[C@@H]1CCC[C@H](N[C@H](Cc2ccncc2)C(F)(F)F)C1. The summed E-state index contributed by atoms with van der Waals surface area (Å²) < 4.78 is 39.8. The Bertz CT molecular complexity index is 425. The van der Waals surface area contributed by atoms with Crippen molar-refractivity contribution in [2.75, 3.05) is 6.26 Å². The zero-order chi connectivity index (χ0) is 15.3. The average molecular weight is 318 g/mol. The molecule has 1 saturated carbocycles. The minimum absolute atomic E-state index is 0.0353. The van der Waals surface area contributed by atoms with Gasteiger partial charge in [0.05, 0.1) is 0 Å². The molecule has 21 heavy (non-hydrogen) atoms. The van der Waals surface area contributed by atoms with E-state index in [1.807, 2.05) is 6.26 Å². The van der Waals surface area contributed by atoms with Crippen molar-refractivity contribution in [2.45, 2.75) is 55.6 Å². The summed E-state index contributed by atoms with van der Waals surface area (Å²) in [5.41, 5.74) is 0.664. The van der Waals surface area contributed by atoms with Crippen molar-refractivity contribution in [1.82, 2.24) is 10.3 Å². The van der Waals surface area contributed by atoms with Crippen LogP contribution in [0.1, 0.15) is 31.2 Å². The molecule has 118 valence electrons. The Morgan fingerprint density at radius 2 is 2.05 bits per heavy atom. The van der Waals surface area contributed by atoms with Gasteiger partial charge in [0.2, 0.25) is 0 Å². The lowest BCUT2D eigenvalue weighted by atomic mass is 9.93. The lowest BCUT2D eigenvalue weighted by molar-refractivity contribution is -0.157. The van der Waals surface area contributed by atoms with Gasteiger partial charge in [0.25, 0.3) is 0 Å². The summed E-state index contributed by atoms with van der Waals surface area (Å²) in [7, 11) is 0. The van der Waals surface area contributed by atoms with Crippen LogP contribution < -0.4 is 5.32 Å². The van der Waals surface area contributed by atoms with Gasteiger partial charge in [0.1, 0.15) is 6.04 Å². The number of hydrogen-bond acceptors (Lipinski definition) is 3. The lowest BCUT2D eigenvalue weighted by Gasteiger charge is -2.33. The molecule has 0 saturated heterocycles. The highest BCUT2D eigenvalue weighted by Gasteiger charge is 2.41. The van der Waals surface area contributed by atoms with Crippen molar-refractivity contribution < 1.29 is 13.2 Å². The number of aromatic nitrogens is 1. The van der Waals surface area contributed by atoms with E-state index < -0.39 is 12.2 Å². The molecule has 2 nitrogen and oxygen atoms in total. The van der Waals surface area contributed by atoms with Gasteiger partial charge >= 0.3 is 6.18 Å². The Labute approximate surface area is 127 Å². The molecule has 1 aromatic heterocycles. The molecule has 0 spiro atoms. The minimum Gasteiger partial charge on any atom is -0.303 e. The van der Waals surface area contributed by atoms with Crippen molar-refractivity contribution in [3.05, 3.63) is 30.1 Å². The first-order valence-electron chi connectivity index (χ1n) is 7.23. The Morgan fingerprint density at radius 3 is 2.67 bits per heavy atom. The van der Waals surface area contributed by atoms with Crippen LogP contribution in [0.3, 0.4) is 0 Å². The first-order chi connectivity index (χ1) is 9.99. The van der Waals surface area contributed by atoms with E-state index >= 15 is 0 Å². The molecule has 0 aliphatic heterocycles. The fraction of sp³-hybridized carbons (Fsp3) is 0.667. The van der Waals surface area contributed by atoms with Gasteiger partial charge < -0.3 is 5.32 Å². The normalized spacial score (nSPS) is 24.8. The Hall–Kier alpha value is -0.750. The summed E-state index contributed by atoms with van der Waals surface area (Å²) in [4.78, 5) is 3.85. The van der Waals surface area contributed by atoms with Gasteiger partial charge in [-0.15, -0.1) is 0 Å². The maximum Gasteiger partial charge on any atom is 0.404 e. The van der Waals surface area contributed by atoms with Crippen LogP contribution in [0.25, 0.3) is 0 Å². The molecule has 3 atom stereocenters. The van der Waals surface area contributed by atoms with E-state index in [9.17, 15) is 13.2 Å². The van der Waals surface area contributed by atoms with E-state index in [2.05, 4.69) is 10.3 Å². The third kappa shape index (κ3) is 5.18. The highest BCUT2D eigenvalue weighted by atomic mass is 32.2. The summed E-state index contributed by atoms with van der Waals surface area (Å²) in [5.74, 6) is 0. The van der Waals surface area contributed by atoms with Gasteiger partial charge in [0, 0.05) is 23.7 Å². The van der Waals surface area contributed by atoms with Gasteiger partial charge in [0.15, 0.2) is 0 Å². The Kier molecular flexibility index (Phi) is 5.93. The van der Waals surface area contributed by atoms with Gasteiger partial charge in [-0.1, -0.05) is 6.42 Å². The smallest absolute Gasteiger partial charge is 0.303 e. The number of pyridine rings is 1. The van der Waals surface area contributed by atoms with E-state index in [-0.39, 0.29) is 12.5 Å². The van der Waals surface area contributed by atoms with Crippen molar-refractivity contribution >= 4 is 11.8 Å². The van der Waals surface area contributed by atoms with E-state index in [1.165, 1.54) is 12.4 Å². The zero-order valence-electron chi connectivity index (χ0n) is 12.1. The number of hydrogen-bond donors (Lipinski definition) is 1. The number of thioether (sulfide) groups is 1. The molecule has 6 heteroatoms. The van der Waals surface area contributed by atoms with E-state index in [0.29, 0.717) is 10.8 Å². The molecule has 0 aromatic carbocycles. The monoisotopic (exact) mass is 318 g/mol. The minimum atomic E-state index is -4.23. The molecule has 1 heterocycles. The summed E-state index contributed by atoms with van der Waals surface area (Å²) >= 11 is 1.76. The second kappa shape index (κ2) is 7.49. The number of rotatable bonds is 5. The zero-order valence-corrected chi connectivity index (χ0v) is 12.9. The van der Waals surface area contributed by atoms with Crippen LogP contribution in [0.2, 0.25) is 0 Å².